The Labute approximate surface area is 187 Å². The minimum Gasteiger partial charge on any atom is -0.379 e. The molecule has 3 aliphatic heterocycles. The van der Waals surface area contributed by atoms with E-state index in [1.807, 2.05) is 7.05 Å². The molecule has 4 rings (SSSR count). The maximum Gasteiger partial charge on any atom is 0.193 e. The van der Waals surface area contributed by atoms with Gasteiger partial charge in [-0.2, -0.15) is 0 Å². The Morgan fingerprint density at radius 2 is 1.74 bits per heavy atom. The molecule has 3 aliphatic rings. The highest BCUT2D eigenvalue weighted by Crippen LogP contribution is 2.19. The third-order valence-corrected chi connectivity index (χ3v) is 6.68. The molecular weight excluding hydrogens is 390 g/mol. The van der Waals surface area contributed by atoms with Crippen molar-refractivity contribution in [3.8, 4) is 0 Å². The predicted octanol–water partition coefficient (Wildman–Crippen LogP) is 1.78. The molecule has 3 heterocycles. The fraction of sp³-hybridized carbons (Fsp3) is 0.708. The van der Waals surface area contributed by atoms with Crippen molar-refractivity contribution in [2.24, 2.45) is 4.99 Å². The van der Waals surface area contributed by atoms with Crippen molar-refractivity contribution in [3.05, 3.63) is 35.4 Å². The average Bonchev–Trinajstić information content (AvgIpc) is 3.25. The zero-order valence-electron chi connectivity index (χ0n) is 19.4. The van der Waals surface area contributed by atoms with Gasteiger partial charge in [0.25, 0.3) is 0 Å². The highest BCUT2D eigenvalue weighted by atomic mass is 16.5. The van der Waals surface area contributed by atoms with Gasteiger partial charge >= 0.3 is 0 Å². The summed E-state index contributed by atoms with van der Waals surface area (Å²) >= 11 is 0. The molecule has 31 heavy (non-hydrogen) atoms. The standard InChI is InChI=1S/C24H39N5O2/c1-19-15-27(16-20(2)31-19)17-22-7-5-4-6-21(22)14-26-24(25-3)29-9-8-23(18-29)28-10-12-30-13-11-28/h4-7,19-20,23H,8-18H2,1-3H3,(H,25,26). The summed E-state index contributed by atoms with van der Waals surface area (Å²) in [6, 6.07) is 9.39. The van der Waals surface area contributed by atoms with E-state index in [4.69, 9.17) is 9.47 Å². The van der Waals surface area contributed by atoms with E-state index in [-0.39, 0.29) is 0 Å². The maximum absolute atomic E-state index is 5.90. The van der Waals surface area contributed by atoms with Crippen LogP contribution in [0.25, 0.3) is 0 Å². The molecule has 0 amide bonds. The third-order valence-electron chi connectivity index (χ3n) is 6.68. The molecule has 1 N–H and O–H groups in total. The van der Waals surface area contributed by atoms with Gasteiger partial charge in [0.2, 0.25) is 0 Å². The Balaban J connectivity index is 1.33. The van der Waals surface area contributed by atoms with Gasteiger partial charge in [-0.25, -0.2) is 0 Å². The summed E-state index contributed by atoms with van der Waals surface area (Å²) < 4.78 is 11.4. The quantitative estimate of drug-likeness (QED) is 0.569. The first-order chi connectivity index (χ1) is 15.1. The van der Waals surface area contributed by atoms with Crippen LogP contribution in [0.15, 0.2) is 29.3 Å². The van der Waals surface area contributed by atoms with Crippen LogP contribution in [-0.2, 0) is 22.6 Å². The van der Waals surface area contributed by atoms with E-state index >= 15 is 0 Å². The van der Waals surface area contributed by atoms with Crippen LogP contribution in [0.3, 0.4) is 0 Å². The molecule has 1 aromatic carbocycles. The molecule has 0 spiro atoms. The molecule has 0 aliphatic carbocycles. The zero-order valence-corrected chi connectivity index (χ0v) is 19.4. The number of benzene rings is 1. The Morgan fingerprint density at radius 1 is 1.03 bits per heavy atom. The maximum atomic E-state index is 5.90. The van der Waals surface area contributed by atoms with Gasteiger partial charge in [0.05, 0.1) is 25.4 Å². The van der Waals surface area contributed by atoms with Crippen LogP contribution < -0.4 is 5.32 Å². The lowest BCUT2D eigenvalue weighted by molar-refractivity contribution is -0.0705. The molecule has 1 aromatic rings. The lowest BCUT2D eigenvalue weighted by atomic mass is 10.1. The second-order valence-electron chi connectivity index (χ2n) is 9.16. The first-order valence-corrected chi connectivity index (χ1v) is 11.8. The monoisotopic (exact) mass is 429 g/mol. The van der Waals surface area contributed by atoms with Gasteiger partial charge in [-0.1, -0.05) is 24.3 Å². The highest BCUT2D eigenvalue weighted by Gasteiger charge is 2.30. The SMILES string of the molecule is CN=C(NCc1ccccc1CN1CC(C)OC(C)C1)N1CCC(N2CCOCC2)C1. The van der Waals surface area contributed by atoms with Crippen molar-refractivity contribution < 1.29 is 9.47 Å². The Hall–Kier alpha value is -1.67. The predicted molar refractivity (Wildman–Crippen MR) is 124 cm³/mol. The van der Waals surface area contributed by atoms with Crippen LogP contribution in [0, 0.1) is 0 Å². The van der Waals surface area contributed by atoms with Crippen LogP contribution in [0.4, 0.5) is 0 Å². The Kier molecular flexibility index (Phi) is 7.82. The third kappa shape index (κ3) is 5.98. The lowest BCUT2D eigenvalue weighted by Gasteiger charge is -2.35. The van der Waals surface area contributed by atoms with Gasteiger partial charge in [-0.05, 0) is 31.4 Å². The number of guanidine groups is 1. The topological polar surface area (TPSA) is 52.6 Å². The van der Waals surface area contributed by atoms with Crippen LogP contribution >= 0.6 is 0 Å². The van der Waals surface area contributed by atoms with E-state index in [2.05, 4.69) is 63.1 Å². The van der Waals surface area contributed by atoms with Crippen molar-refractivity contribution in [1.29, 1.82) is 0 Å². The van der Waals surface area contributed by atoms with Crippen molar-refractivity contribution in [2.45, 2.75) is 51.6 Å². The van der Waals surface area contributed by atoms with Gasteiger partial charge in [-0.15, -0.1) is 0 Å². The highest BCUT2D eigenvalue weighted by molar-refractivity contribution is 5.80. The van der Waals surface area contributed by atoms with E-state index in [1.54, 1.807) is 0 Å². The van der Waals surface area contributed by atoms with Crippen molar-refractivity contribution in [3.63, 3.8) is 0 Å². The van der Waals surface area contributed by atoms with Crippen molar-refractivity contribution in [1.82, 2.24) is 20.0 Å². The molecule has 0 aromatic heterocycles. The van der Waals surface area contributed by atoms with E-state index in [0.29, 0.717) is 18.2 Å². The first-order valence-electron chi connectivity index (χ1n) is 11.8. The summed E-state index contributed by atoms with van der Waals surface area (Å²) in [5.74, 6) is 1.01. The largest absolute Gasteiger partial charge is 0.379 e. The summed E-state index contributed by atoms with van der Waals surface area (Å²) in [6.45, 7) is 14.0. The molecule has 3 unspecified atom stereocenters. The number of nitrogens with zero attached hydrogens (tertiary/aromatic N) is 4. The van der Waals surface area contributed by atoms with Crippen LogP contribution in [-0.4, -0.2) is 98.4 Å². The lowest BCUT2D eigenvalue weighted by Crippen LogP contribution is -2.46. The Morgan fingerprint density at radius 3 is 2.45 bits per heavy atom. The van der Waals surface area contributed by atoms with E-state index in [9.17, 15) is 0 Å². The van der Waals surface area contributed by atoms with Gasteiger partial charge in [0, 0.05) is 65.4 Å². The molecule has 3 saturated heterocycles. The molecule has 0 saturated carbocycles. The number of likely N-dealkylation sites (tertiary alicyclic amines) is 1. The molecule has 7 heteroatoms. The number of aliphatic imine (C=N–C) groups is 1. The summed E-state index contributed by atoms with van der Waals surface area (Å²) in [5, 5.41) is 3.64. The second kappa shape index (κ2) is 10.8. The molecule has 0 bridgehead atoms. The molecule has 172 valence electrons. The van der Waals surface area contributed by atoms with Crippen molar-refractivity contribution >= 4 is 5.96 Å². The van der Waals surface area contributed by atoms with E-state index < -0.39 is 0 Å². The number of hydrogen-bond donors (Lipinski definition) is 1. The van der Waals surface area contributed by atoms with Crippen molar-refractivity contribution in [2.75, 3.05) is 59.5 Å². The Bertz CT molecular complexity index is 726. The molecule has 7 nitrogen and oxygen atoms in total. The fourth-order valence-electron chi connectivity index (χ4n) is 5.22. The van der Waals surface area contributed by atoms with Crippen LogP contribution in [0.5, 0.6) is 0 Å². The fourth-order valence-corrected chi connectivity index (χ4v) is 5.22. The number of rotatable bonds is 5. The second-order valence-corrected chi connectivity index (χ2v) is 9.16. The number of ether oxygens (including phenoxy) is 2. The zero-order chi connectivity index (χ0) is 21.6. The molecule has 0 radical (unpaired) electrons. The van der Waals surface area contributed by atoms with Gasteiger partial charge in [0.15, 0.2) is 5.96 Å². The number of hydrogen-bond acceptors (Lipinski definition) is 5. The van der Waals surface area contributed by atoms with Gasteiger partial charge < -0.3 is 19.7 Å². The molecule has 3 fully saturated rings. The molecule has 3 atom stereocenters. The van der Waals surface area contributed by atoms with Gasteiger partial charge in [-0.3, -0.25) is 14.8 Å². The van der Waals surface area contributed by atoms with E-state index in [0.717, 1.165) is 71.5 Å². The normalized spacial score (nSPS) is 28.8. The summed E-state index contributed by atoms with van der Waals surface area (Å²) in [7, 11) is 1.90. The molecular formula is C24H39N5O2. The smallest absolute Gasteiger partial charge is 0.193 e. The minimum absolute atomic E-state index is 0.294. The van der Waals surface area contributed by atoms with E-state index in [1.165, 1.54) is 17.5 Å². The summed E-state index contributed by atoms with van der Waals surface area (Å²) in [5.41, 5.74) is 2.73. The van der Waals surface area contributed by atoms with Gasteiger partial charge in [0.1, 0.15) is 0 Å². The average molecular weight is 430 g/mol. The van der Waals surface area contributed by atoms with Crippen LogP contribution in [0.1, 0.15) is 31.4 Å². The number of morpholine rings is 2. The summed E-state index contributed by atoms with van der Waals surface area (Å²) in [4.78, 5) is 12.1. The van der Waals surface area contributed by atoms with Crippen LogP contribution in [0.2, 0.25) is 0 Å². The summed E-state index contributed by atoms with van der Waals surface area (Å²) in [6.07, 6.45) is 1.79. The number of nitrogens with one attached hydrogen (secondary N) is 1. The minimum atomic E-state index is 0.294. The first kappa shape index (κ1) is 22.5.